The summed E-state index contributed by atoms with van der Waals surface area (Å²) in [6.45, 7) is 5.95. The molecule has 0 rings (SSSR count). The van der Waals surface area contributed by atoms with Crippen LogP contribution < -0.4 is 5.32 Å². The van der Waals surface area contributed by atoms with Crippen molar-refractivity contribution in [2.75, 3.05) is 39.5 Å². The fourth-order valence-electron chi connectivity index (χ4n) is 2.80. The Bertz CT molecular complexity index is 475. The first-order valence-corrected chi connectivity index (χ1v) is 10.9. The predicted molar refractivity (Wildman–Crippen MR) is 103 cm³/mol. The summed E-state index contributed by atoms with van der Waals surface area (Å²) >= 11 is 0. The molecule has 0 aromatic heterocycles. The minimum absolute atomic E-state index is 0.0979. The zero-order valence-corrected chi connectivity index (χ0v) is 16.8. The van der Waals surface area contributed by atoms with Gasteiger partial charge < -0.3 is 9.80 Å². The smallest absolute Gasteiger partial charge is 0.265 e. The first-order chi connectivity index (χ1) is 11.7. The lowest BCUT2D eigenvalue weighted by Crippen LogP contribution is -2.41. The van der Waals surface area contributed by atoms with Crippen LogP contribution >= 0.6 is 0 Å². The minimum Gasteiger partial charge on any atom is -0.353 e. The number of nitrogens with one attached hydrogen (secondary N) is 1. The maximum absolute atomic E-state index is 11.0. The highest BCUT2D eigenvalue weighted by molar-refractivity contribution is 7.85. The Morgan fingerprint density at radius 3 is 1.96 bits per heavy atom. The van der Waals surface area contributed by atoms with Crippen LogP contribution in [-0.2, 0) is 14.9 Å². The number of hydrogen-bond acceptors (Lipinski definition) is 3. The Balaban J connectivity index is 3.44. The van der Waals surface area contributed by atoms with Gasteiger partial charge in [-0.1, -0.05) is 38.7 Å². The largest absolute Gasteiger partial charge is 0.353 e. The molecule has 148 valence electrons. The van der Waals surface area contributed by atoms with Gasteiger partial charge in [-0.2, -0.15) is 8.42 Å². The molecule has 0 bridgehead atoms. The van der Waals surface area contributed by atoms with E-state index in [0.29, 0.717) is 6.42 Å². The molecule has 0 aliphatic rings. The van der Waals surface area contributed by atoms with Crippen molar-refractivity contribution in [1.82, 2.24) is 5.32 Å². The maximum Gasteiger partial charge on any atom is 0.265 e. The Morgan fingerprint density at radius 1 is 0.960 bits per heavy atom. The van der Waals surface area contributed by atoms with E-state index in [4.69, 9.17) is 4.55 Å². The minimum atomic E-state index is -3.83. The number of nitrogens with zero attached hydrogens (tertiary/aromatic N) is 1. The SMILES string of the molecule is C=CC(=O)NCCCCCCCCCC[N+](C)(C)CCCS(=O)(=O)O. The van der Waals surface area contributed by atoms with Crippen LogP contribution in [0.1, 0.15) is 57.8 Å². The summed E-state index contributed by atoms with van der Waals surface area (Å²) in [6.07, 6.45) is 11.2. The Labute approximate surface area is 154 Å². The summed E-state index contributed by atoms with van der Waals surface area (Å²) in [5.74, 6) is -0.245. The van der Waals surface area contributed by atoms with Crippen LogP contribution in [0, 0.1) is 0 Å². The number of rotatable bonds is 16. The highest BCUT2D eigenvalue weighted by Crippen LogP contribution is 2.10. The average Bonchev–Trinajstić information content (AvgIpc) is 2.50. The van der Waals surface area contributed by atoms with Gasteiger partial charge in [0, 0.05) is 13.0 Å². The van der Waals surface area contributed by atoms with Crippen molar-refractivity contribution in [3.8, 4) is 0 Å². The molecule has 0 spiro atoms. The highest BCUT2D eigenvalue weighted by atomic mass is 32.2. The van der Waals surface area contributed by atoms with Gasteiger partial charge in [0.25, 0.3) is 10.1 Å². The predicted octanol–water partition coefficient (Wildman–Crippen LogP) is 2.76. The van der Waals surface area contributed by atoms with Gasteiger partial charge in [0.15, 0.2) is 0 Å². The van der Waals surface area contributed by atoms with Crippen LogP contribution in [0.25, 0.3) is 0 Å². The van der Waals surface area contributed by atoms with Gasteiger partial charge in [0.05, 0.1) is 32.9 Å². The van der Waals surface area contributed by atoms with E-state index in [2.05, 4.69) is 26.0 Å². The second-order valence-electron chi connectivity index (χ2n) is 7.35. The summed E-state index contributed by atoms with van der Waals surface area (Å²) in [5, 5.41) is 2.78. The molecule has 6 nitrogen and oxygen atoms in total. The molecule has 0 heterocycles. The van der Waals surface area contributed by atoms with E-state index in [1.54, 1.807) is 0 Å². The summed E-state index contributed by atoms with van der Waals surface area (Å²) < 4.78 is 31.0. The molecule has 0 saturated heterocycles. The molecule has 0 saturated carbocycles. The third kappa shape index (κ3) is 17.7. The molecule has 0 fully saturated rings. The van der Waals surface area contributed by atoms with Crippen LogP contribution in [-0.4, -0.2) is 62.8 Å². The van der Waals surface area contributed by atoms with Gasteiger partial charge in [0.1, 0.15) is 0 Å². The number of hydrogen-bond donors (Lipinski definition) is 2. The van der Waals surface area contributed by atoms with Crippen LogP contribution in [0.2, 0.25) is 0 Å². The molecule has 0 aliphatic heterocycles. The van der Waals surface area contributed by atoms with Crippen molar-refractivity contribution in [3.63, 3.8) is 0 Å². The van der Waals surface area contributed by atoms with Gasteiger partial charge in [-0.3, -0.25) is 9.35 Å². The van der Waals surface area contributed by atoms with E-state index in [-0.39, 0.29) is 11.7 Å². The van der Waals surface area contributed by atoms with Crippen molar-refractivity contribution >= 4 is 16.0 Å². The van der Waals surface area contributed by atoms with Crippen molar-refractivity contribution in [2.24, 2.45) is 0 Å². The normalized spacial score (nSPS) is 12.1. The lowest BCUT2D eigenvalue weighted by molar-refractivity contribution is -0.890. The fraction of sp³-hybridized carbons (Fsp3) is 0.833. The number of carbonyl (C=O) groups is 1. The van der Waals surface area contributed by atoms with E-state index in [0.717, 1.165) is 43.4 Å². The highest BCUT2D eigenvalue weighted by Gasteiger charge is 2.16. The Morgan fingerprint density at radius 2 is 1.44 bits per heavy atom. The first-order valence-electron chi connectivity index (χ1n) is 9.34. The second-order valence-corrected chi connectivity index (χ2v) is 8.92. The third-order valence-electron chi connectivity index (χ3n) is 4.34. The van der Waals surface area contributed by atoms with E-state index in [1.807, 2.05) is 0 Å². The van der Waals surface area contributed by atoms with Crippen LogP contribution in [0.3, 0.4) is 0 Å². The molecule has 0 aromatic rings. The molecule has 7 heteroatoms. The van der Waals surface area contributed by atoms with Crippen molar-refractivity contribution in [1.29, 1.82) is 0 Å². The maximum atomic E-state index is 11.0. The molecule has 0 atom stereocenters. The molecule has 0 aromatic carbocycles. The number of quaternary nitrogens is 1. The van der Waals surface area contributed by atoms with Crippen molar-refractivity contribution < 1.29 is 22.2 Å². The summed E-state index contributed by atoms with van der Waals surface area (Å²) in [6, 6.07) is 0. The van der Waals surface area contributed by atoms with Gasteiger partial charge >= 0.3 is 0 Å². The zero-order valence-electron chi connectivity index (χ0n) is 16.0. The summed E-state index contributed by atoms with van der Waals surface area (Å²) in [7, 11) is 0.381. The van der Waals surface area contributed by atoms with E-state index in [1.165, 1.54) is 38.2 Å². The van der Waals surface area contributed by atoms with Crippen LogP contribution in [0.5, 0.6) is 0 Å². The fourth-order valence-corrected chi connectivity index (χ4v) is 3.29. The molecular weight excluding hydrogens is 340 g/mol. The van der Waals surface area contributed by atoms with Crippen LogP contribution in [0.15, 0.2) is 12.7 Å². The monoisotopic (exact) mass is 377 g/mol. The molecule has 0 unspecified atom stereocenters. The molecule has 2 N–H and O–H groups in total. The Kier molecular flexibility index (Phi) is 12.8. The standard InChI is InChI=1S/C18H36N2O4S/c1-4-18(21)19-14-11-9-7-5-6-8-10-12-15-20(2,3)16-13-17-25(22,23)24/h4H,1,5-17H2,2-3H3,(H-,19,21,22,23,24)/p+1. The van der Waals surface area contributed by atoms with E-state index >= 15 is 0 Å². The van der Waals surface area contributed by atoms with Crippen molar-refractivity contribution in [3.05, 3.63) is 12.7 Å². The second kappa shape index (κ2) is 13.3. The average molecular weight is 378 g/mol. The first kappa shape index (κ1) is 24.1. The number of carbonyl (C=O) groups excluding carboxylic acids is 1. The van der Waals surface area contributed by atoms with E-state index < -0.39 is 10.1 Å². The Hall–Kier alpha value is -0.920. The molecule has 0 aliphatic carbocycles. The van der Waals surface area contributed by atoms with Gasteiger partial charge in [-0.05, 0) is 25.3 Å². The van der Waals surface area contributed by atoms with Gasteiger partial charge in [0.2, 0.25) is 5.91 Å². The zero-order chi connectivity index (χ0) is 19.2. The molecular formula is C18H37N2O4S+. The molecule has 1 amide bonds. The van der Waals surface area contributed by atoms with Gasteiger partial charge in [-0.25, -0.2) is 0 Å². The third-order valence-corrected chi connectivity index (χ3v) is 5.15. The topological polar surface area (TPSA) is 83.5 Å². The lowest BCUT2D eigenvalue weighted by atomic mass is 10.1. The number of amides is 1. The molecule has 25 heavy (non-hydrogen) atoms. The number of unbranched alkanes of at least 4 members (excludes halogenated alkanes) is 7. The quantitative estimate of drug-likeness (QED) is 0.187. The lowest BCUT2D eigenvalue weighted by Gasteiger charge is -2.29. The van der Waals surface area contributed by atoms with E-state index in [9.17, 15) is 13.2 Å². The summed E-state index contributed by atoms with van der Waals surface area (Å²) in [4.78, 5) is 11.0. The summed E-state index contributed by atoms with van der Waals surface area (Å²) in [5.41, 5.74) is 0. The van der Waals surface area contributed by atoms with Gasteiger partial charge in [-0.15, -0.1) is 0 Å². The van der Waals surface area contributed by atoms with Crippen molar-refractivity contribution in [2.45, 2.75) is 57.8 Å². The molecule has 0 radical (unpaired) electrons. The van der Waals surface area contributed by atoms with Crippen LogP contribution in [0.4, 0.5) is 0 Å².